The van der Waals surface area contributed by atoms with Crippen LogP contribution in [0.3, 0.4) is 0 Å². The van der Waals surface area contributed by atoms with Crippen molar-refractivity contribution in [2.45, 2.75) is 46.5 Å². The molecule has 0 aliphatic carbocycles. The van der Waals surface area contributed by atoms with Crippen molar-refractivity contribution in [2.75, 3.05) is 16.8 Å². The zero-order valence-corrected chi connectivity index (χ0v) is 33.4. The largest absolute Gasteiger partial charge is 0.494 e. The Balaban J connectivity index is 1.29. The smallest absolute Gasteiger partial charge is 0.256 e. The van der Waals surface area contributed by atoms with Crippen LogP contribution >= 0.6 is 0 Å². The first-order valence-electron chi connectivity index (χ1n) is 20.1. The molecule has 6 heteroatoms. The molecule has 0 atom stereocenters. The van der Waals surface area contributed by atoms with Crippen molar-refractivity contribution >= 4 is 88.4 Å². The SMILES string of the molecule is CCOc1ccc(N(c2cccc3ccccc23)c2ccc3c4ccc(C(N)=O)c5c(C(=O)Nc6c(C(C)C)cccc6C(C)C)ccc(c6cccc2c36)c54)cc1. The van der Waals surface area contributed by atoms with Gasteiger partial charge in [-0.05, 0) is 116 Å². The molecule has 58 heavy (non-hydrogen) atoms. The zero-order chi connectivity index (χ0) is 40.2. The average molecular weight is 760 g/mol. The topological polar surface area (TPSA) is 84.7 Å². The Labute approximate surface area is 338 Å². The molecule has 0 aliphatic rings. The van der Waals surface area contributed by atoms with E-state index in [4.69, 9.17) is 10.5 Å². The maximum Gasteiger partial charge on any atom is 0.256 e. The minimum Gasteiger partial charge on any atom is -0.494 e. The first-order valence-corrected chi connectivity index (χ1v) is 20.1. The molecule has 9 aromatic rings. The Morgan fingerprint density at radius 3 is 1.81 bits per heavy atom. The number of carbonyl (C=O) groups is 2. The van der Waals surface area contributed by atoms with E-state index in [9.17, 15) is 9.59 Å². The fraction of sp³-hybridized carbons (Fsp3) is 0.154. The molecule has 2 amide bonds. The van der Waals surface area contributed by atoms with Crippen LogP contribution in [-0.4, -0.2) is 18.4 Å². The van der Waals surface area contributed by atoms with Crippen LogP contribution in [0, 0.1) is 0 Å². The molecule has 0 unspecified atom stereocenters. The predicted octanol–water partition coefficient (Wildman–Crippen LogP) is 13.4. The Hall–Kier alpha value is -6.92. The molecule has 0 spiro atoms. The summed E-state index contributed by atoms with van der Waals surface area (Å²) in [4.78, 5) is 30.1. The minimum atomic E-state index is -0.580. The van der Waals surface area contributed by atoms with Crippen molar-refractivity contribution in [1.29, 1.82) is 0 Å². The molecule has 0 aliphatic heterocycles. The number of rotatable bonds is 10. The Kier molecular flexibility index (Phi) is 9.20. The third-order valence-corrected chi connectivity index (χ3v) is 11.5. The highest BCUT2D eigenvalue weighted by Gasteiger charge is 2.26. The molecule has 0 bridgehead atoms. The molecule has 0 radical (unpaired) electrons. The summed E-state index contributed by atoms with van der Waals surface area (Å²) < 4.78 is 5.84. The number of para-hydroxylation sites is 1. The summed E-state index contributed by atoms with van der Waals surface area (Å²) in [5.41, 5.74) is 12.9. The standard InChI is InChI=1S/C52H45N3O3/c1-6-58-34-22-20-33(21-23-34)55(45-19-9-13-32-12-7-8-14-37(32)45)46-29-28-39-41-24-26-43(51(53)56)49-44(27-25-40(48(41)49)38-17-11-18-42(46)47(38)39)52(57)54-50-35(30(2)3)15-10-16-36(50)31(4)5/h7-31H,6H2,1-5H3,(H2,53,56)(H,54,57). The summed E-state index contributed by atoms with van der Waals surface area (Å²) in [5.74, 6) is 0.350. The van der Waals surface area contributed by atoms with Gasteiger partial charge in [0.15, 0.2) is 0 Å². The van der Waals surface area contributed by atoms with Gasteiger partial charge in [-0.1, -0.05) is 119 Å². The summed E-state index contributed by atoms with van der Waals surface area (Å²) in [5, 5.41) is 13.1. The number of anilines is 4. The van der Waals surface area contributed by atoms with Crippen LogP contribution in [-0.2, 0) is 0 Å². The van der Waals surface area contributed by atoms with Gasteiger partial charge >= 0.3 is 0 Å². The minimum absolute atomic E-state index is 0.194. The second-order valence-electron chi connectivity index (χ2n) is 15.6. The highest BCUT2D eigenvalue weighted by atomic mass is 16.5. The van der Waals surface area contributed by atoms with Gasteiger partial charge in [0.05, 0.1) is 18.0 Å². The fourth-order valence-electron chi connectivity index (χ4n) is 8.92. The number of carbonyl (C=O) groups excluding carboxylic acids is 2. The molecule has 9 rings (SSSR count). The average Bonchev–Trinajstić information content (AvgIpc) is 3.23. The zero-order valence-electron chi connectivity index (χ0n) is 33.4. The van der Waals surface area contributed by atoms with Crippen LogP contribution in [0.5, 0.6) is 5.75 Å². The molecule has 9 aromatic carbocycles. The second-order valence-corrected chi connectivity index (χ2v) is 15.6. The number of benzene rings is 9. The van der Waals surface area contributed by atoms with Crippen LogP contribution < -0.4 is 20.7 Å². The van der Waals surface area contributed by atoms with Crippen LogP contribution in [0.25, 0.3) is 53.9 Å². The molecule has 286 valence electrons. The highest BCUT2D eigenvalue weighted by molar-refractivity contribution is 6.37. The normalized spacial score (nSPS) is 11.8. The van der Waals surface area contributed by atoms with E-state index in [2.05, 4.69) is 141 Å². The number of primary amides is 1. The Bertz CT molecular complexity index is 3000. The van der Waals surface area contributed by atoms with Crippen LogP contribution in [0.4, 0.5) is 22.7 Å². The summed E-state index contributed by atoms with van der Waals surface area (Å²) in [7, 11) is 0. The molecule has 0 fully saturated rings. The molecule has 3 N–H and O–H groups in total. The van der Waals surface area contributed by atoms with E-state index in [0.717, 1.165) is 88.1 Å². The van der Waals surface area contributed by atoms with Gasteiger partial charge in [0.1, 0.15) is 5.75 Å². The molecule has 0 heterocycles. The Morgan fingerprint density at radius 1 is 0.569 bits per heavy atom. The van der Waals surface area contributed by atoms with E-state index in [1.54, 1.807) is 6.07 Å². The molecular weight excluding hydrogens is 715 g/mol. The quantitative estimate of drug-likeness (QED) is 0.107. The lowest BCUT2D eigenvalue weighted by Crippen LogP contribution is -2.18. The third kappa shape index (κ3) is 5.95. The lowest BCUT2D eigenvalue weighted by Gasteiger charge is -2.29. The fourth-order valence-corrected chi connectivity index (χ4v) is 8.92. The van der Waals surface area contributed by atoms with Gasteiger partial charge in [-0.15, -0.1) is 0 Å². The second kappa shape index (κ2) is 14.5. The molecular formula is C52H45N3O3. The van der Waals surface area contributed by atoms with Crippen molar-refractivity contribution in [3.63, 3.8) is 0 Å². The molecule has 0 saturated heterocycles. The number of ether oxygens (including phenoxy) is 1. The van der Waals surface area contributed by atoms with Crippen molar-refractivity contribution in [3.05, 3.63) is 162 Å². The van der Waals surface area contributed by atoms with Crippen molar-refractivity contribution in [2.24, 2.45) is 5.73 Å². The number of nitrogens with one attached hydrogen (secondary N) is 1. The number of hydrogen-bond acceptors (Lipinski definition) is 4. The summed E-state index contributed by atoms with van der Waals surface area (Å²) in [6.07, 6.45) is 0. The molecule has 0 saturated carbocycles. The van der Waals surface area contributed by atoms with Gasteiger partial charge in [-0.2, -0.15) is 0 Å². The number of nitrogens with two attached hydrogens (primary N) is 1. The lowest BCUT2D eigenvalue weighted by molar-refractivity contribution is 0.100. The van der Waals surface area contributed by atoms with Crippen LogP contribution in [0.2, 0.25) is 0 Å². The van der Waals surface area contributed by atoms with Gasteiger partial charge in [0.25, 0.3) is 5.91 Å². The summed E-state index contributed by atoms with van der Waals surface area (Å²) >= 11 is 0. The van der Waals surface area contributed by atoms with Crippen molar-refractivity contribution in [3.8, 4) is 5.75 Å². The summed E-state index contributed by atoms with van der Waals surface area (Å²) in [6.45, 7) is 11.1. The first-order chi connectivity index (χ1) is 28.2. The number of nitrogens with zero attached hydrogens (tertiary/aromatic N) is 1. The van der Waals surface area contributed by atoms with E-state index < -0.39 is 5.91 Å². The molecule has 0 aromatic heterocycles. The van der Waals surface area contributed by atoms with E-state index in [0.29, 0.717) is 23.1 Å². The maximum atomic E-state index is 14.6. The third-order valence-electron chi connectivity index (χ3n) is 11.5. The summed E-state index contributed by atoms with van der Waals surface area (Å²) in [6, 6.07) is 47.8. The maximum absolute atomic E-state index is 14.6. The van der Waals surface area contributed by atoms with Crippen molar-refractivity contribution < 1.29 is 14.3 Å². The van der Waals surface area contributed by atoms with Gasteiger partial charge < -0.3 is 20.7 Å². The Morgan fingerprint density at radius 2 is 1.12 bits per heavy atom. The van der Waals surface area contributed by atoms with Gasteiger partial charge in [0, 0.05) is 38.7 Å². The number of hydrogen-bond donors (Lipinski definition) is 2. The first kappa shape index (κ1) is 36.7. The van der Waals surface area contributed by atoms with E-state index in [-0.39, 0.29) is 17.7 Å². The molecule has 6 nitrogen and oxygen atoms in total. The van der Waals surface area contributed by atoms with Crippen LogP contribution in [0.1, 0.15) is 78.3 Å². The van der Waals surface area contributed by atoms with Crippen LogP contribution in [0.15, 0.2) is 140 Å². The van der Waals surface area contributed by atoms with E-state index in [1.807, 2.05) is 37.3 Å². The van der Waals surface area contributed by atoms with E-state index >= 15 is 0 Å². The highest BCUT2D eigenvalue weighted by Crippen LogP contribution is 2.48. The van der Waals surface area contributed by atoms with E-state index in [1.165, 1.54) is 0 Å². The van der Waals surface area contributed by atoms with Gasteiger partial charge in [-0.25, -0.2) is 0 Å². The van der Waals surface area contributed by atoms with Gasteiger partial charge in [0.2, 0.25) is 5.91 Å². The predicted molar refractivity (Wildman–Crippen MR) is 242 cm³/mol. The number of amides is 2. The monoisotopic (exact) mass is 759 g/mol. The van der Waals surface area contributed by atoms with Gasteiger partial charge in [-0.3, -0.25) is 9.59 Å². The number of fused-ring (bicyclic) bond motifs is 3. The van der Waals surface area contributed by atoms with Crippen molar-refractivity contribution in [1.82, 2.24) is 0 Å². The lowest BCUT2D eigenvalue weighted by atomic mass is 9.85.